The molecule has 0 atom stereocenters. The first-order chi connectivity index (χ1) is 16.2. The lowest BCUT2D eigenvalue weighted by atomic mass is 10.1. The Morgan fingerprint density at radius 2 is 1.41 bits per heavy atom. The van der Waals surface area contributed by atoms with E-state index in [1.54, 1.807) is 30.3 Å². The number of hydrogen-bond acceptors (Lipinski definition) is 4. The van der Waals surface area contributed by atoms with Gasteiger partial charge in [-0.3, -0.25) is 14.4 Å². The second-order valence-electron chi connectivity index (χ2n) is 8.38. The van der Waals surface area contributed by atoms with Crippen LogP contribution >= 0.6 is 11.6 Å². The van der Waals surface area contributed by atoms with Gasteiger partial charge in [-0.15, -0.1) is 0 Å². The summed E-state index contributed by atoms with van der Waals surface area (Å²) in [5.41, 5.74) is 6.16. The number of nitrogens with zero attached hydrogens (tertiary/aromatic N) is 1. The van der Waals surface area contributed by atoms with Gasteiger partial charge in [-0.25, -0.2) is 4.90 Å². The fourth-order valence-corrected chi connectivity index (χ4v) is 3.87. The third kappa shape index (κ3) is 4.45. The number of carbonyl (C=O) groups excluding carboxylic acids is 3. The summed E-state index contributed by atoms with van der Waals surface area (Å²) >= 11 is 6.25. The molecule has 1 heterocycles. The average molecular weight is 474 g/mol. The molecule has 0 saturated heterocycles. The van der Waals surface area contributed by atoms with E-state index in [-0.39, 0.29) is 16.6 Å². The smallest absolute Gasteiger partial charge is 0.283 e. The van der Waals surface area contributed by atoms with Crippen molar-refractivity contribution in [3.05, 3.63) is 99.2 Å². The Morgan fingerprint density at radius 3 is 2.09 bits per heavy atom. The van der Waals surface area contributed by atoms with Gasteiger partial charge in [-0.1, -0.05) is 29.8 Å². The molecule has 0 spiro atoms. The van der Waals surface area contributed by atoms with Crippen molar-refractivity contribution in [2.24, 2.45) is 0 Å². The van der Waals surface area contributed by atoms with Gasteiger partial charge in [0.25, 0.3) is 17.7 Å². The normalized spacial score (nSPS) is 13.5. The summed E-state index contributed by atoms with van der Waals surface area (Å²) in [5.74, 6) is -1.35. The second kappa shape index (κ2) is 9.15. The van der Waals surface area contributed by atoms with E-state index in [2.05, 4.69) is 10.6 Å². The van der Waals surface area contributed by atoms with Crippen LogP contribution in [-0.4, -0.2) is 17.7 Å². The third-order valence-electron chi connectivity index (χ3n) is 5.81. The molecule has 7 heteroatoms. The minimum Gasteiger partial charge on any atom is -0.350 e. The number of aryl methyl sites for hydroxylation is 4. The Labute approximate surface area is 203 Å². The monoisotopic (exact) mass is 473 g/mol. The summed E-state index contributed by atoms with van der Waals surface area (Å²) in [7, 11) is 0. The molecule has 3 amide bonds. The molecular formula is C27H24ClN3O3. The van der Waals surface area contributed by atoms with E-state index in [1.165, 1.54) is 0 Å². The van der Waals surface area contributed by atoms with Crippen LogP contribution in [0.1, 0.15) is 32.6 Å². The highest BCUT2D eigenvalue weighted by Crippen LogP contribution is 2.32. The molecule has 0 unspecified atom stereocenters. The van der Waals surface area contributed by atoms with E-state index in [0.29, 0.717) is 22.6 Å². The van der Waals surface area contributed by atoms with Crippen molar-refractivity contribution in [3.63, 3.8) is 0 Å². The van der Waals surface area contributed by atoms with Crippen LogP contribution in [0.25, 0.3) is 0 Å². The number of halogens is 1. The predicted octanol–water partition coefficient (Wildman–Crippen LogP) is 5.61. The number of rotatable bonds is 5. The maximum absolute atomic E-state index is 13.1. The zero-order valence-corrected chi connectivity index (χ0v) is 20.1. The highest BCUT2D eigenvalue weighted by Gasteiger charge is 2.39. The maximum atomic E-state index is 13.1. The highest BCUT2D eigenvalue weighted by atomic mass is 35.5. The van der Waals surface area contributed by atoms with E-state index in [9.17, 15) is 14.4 Å². The van der Waals surface area contributed by atoms with Gasteiger partial charge in [0.1, 0.15) is 10.7 Å². The molecule has 2 N–H and O–H groups in total. The summed E-state index contributed by atoms with van der Waals surface area (Å²) in [6, 6.07) is 17.9. The zero-order valence-electron chi connectivity index (χ0n) is 19.3. The Balaban J connectivity index is 1.50. The molecule has 0 fully saturated rings. The van der Waals surface area contributed by atoms with Crippen LogP contribution in [0.2, 0.25) is 0 Å². The van der Waals surface area contributed by atoms with Crippen molar-refractivity contribution >= 4 is 46.4 Å². The van der Waals surface area contributed by atoms with Gasteiger partial charge < -0.3 is 10.6 Å². The lowest BCUT2D eigenvalue weighted by Crippen LogP contribution is -2.32. The van der Waals surface area contributed by atoms with Crippen LogP contribution in [0.4, 0.5) is 17.1 Å². The molecule has 34 heavy (non-hydrogen) atoms. The van der Waals surface area contributed by atoms with Crippen LogP contribution in [-0.2, 0) is 9.59 Å². The molecule has 3 aromatic carbocycles. The van der Waals surface area contributed by atoms with Crippen LogP contribution in [0.15, 0.2) is 71.4 Å². The third-order valence-corrected chi connectivity index (χ3v) is 6.16. The molecule has 4 rings (SSSR count). The number of benzene rings is 3. The molecular weight excluding hydrogens is 450 g/mol. The van der Waals surface area contributed by atoms with Crippen LogP contribution < -0.4 is 15.5 Å². The van der Waals surface area contributed by atoms with E-state index < -0.39 is 11.8 Å². The molecule has 0 aliphatic carbocycles. The largest absolute Gasteiger partial charge is 0.350 e. The summed E-state index contributed by atoms with van der Waals surface area (Å²) in [5, 5.41) is 5.64. The zero-order chi connectivity index (χ0) is 24.6. The fraction of sp³-hybridized carbons (Fsp3) is 0.148. The molecule has 0 aromatic heterocycles. The van der Waals surface area contributed by atoms with Crippen LogP contribution in [0, 0.1) is 27.7 Å². The van der Waals surface area contributed by atoms with Gasteiger partial charge in [-0.05, 0) is 92.4 Å². The lowest BCUT2D eigenvalue weighted by molar-refractivity contribution is -0.120. The van der Waals surface area contributed by atoms with Crippen molar-refractivity contribution in [2.45, 2.75) is 27.7 Å². The predicted molar refractivity (Wildman–Crippen MR) is 135 cm³/mol. The summed E-state index contributed by atoms with van der Waals surface area (Å²) < 4.78 is 0. The van der Waals surface area contributed by atoms with E-state index in [0.717, 1.165) is 27.2 Å². The van der Waals surface area contributed by atoms with Gasteiger partial charge in [-0.2, -0.15) is 0 Å². The van der Waals surface area contributed by atoms with Crippen molar-refractivity contribution in [1.29, 1.82) is 0 Å². The molecule has 3 aromatic rings. The Hall–Kier alpha value is -3.90. The van der Waals surface area contributed by atoms with E-state index in [4.69, 9.17) is 11.6 Å². The Morgan fingerprint density at radius 1 is 0.765 bits per heavy atom. The number of hydrogen-bond donors (Lipinski definition) is 2. The number of nitrogens with one attached hydrogen (secondary N) is 2. The lowest BCUT2D eigenvalue weighted by Gasteiger charge is -2.18. The Kier molecular flexibility index (Phi) is 6.26. The van der Waals surface area contributed by atoms with Gasteiger partial charge in [0.2, 0.25) is 0 Å². The first-order valence-electron chi connectivity index (χ1n) is 10.8. The highest BCUT2D eigenvalue weighted by molar-refractivity contribution is 6.53. The number of amides is 3. The maximum Gasteiger partial charge on any atom is 0.283 e. The van der Waals surface area contributed by atoms with Crippen molar-refractivity contribution < 1.29 is 14.4 Å². The summed E-state index contributed by atoms with van der Waals surface area (Å²) in [4.78, 5) is 39.5. The Bertz CT molecular complexity index is 1360. The molecule has 0 radical (unpaired) electrons. The number of carbonyl (C=O) groups is 3. The fourth-order valence-electron chi connectivity index (χ4n) is 3.66. The van der Waals surface area contributed by atoms with Gasteiger partial charge in [0.15, 0.2) is 0 Å². The molecule has 0 saturated carbocycles. The standard InChI is InChI=1S/C27H24ClN3O3/c1-15-5-6-17(3)22(13-15)31-26(33)23(28)24(27(31)34)29-20-11-8-19(9-12-20)25(32)30-21-10-7-16(2)18(4)14-21/h5-14,29H,1-4H3,(H,30,32). The topological polar surface area (TPSA) is 78.5 Å². The average Bonchev–Trinajstić information content (AvgIpc) is 3.01. The van der Waals surface area contributed by atoms with Gasteiger partial charge in [0, 0.05) is 16.9 Å². The molecule has 6 nitrogen and oxygen atoms in total. The SMILES string of the molecule is Cc1ccc(C)c(N2C(=O)C(Cl)=C(Nc3ccc(C(=O)Nc4ccc(C)c(C)c4)cc3)C2=O)c1. The molecule has 1 aliphatic rings. The van der Waals surface area contributed by atoms with Gasteiger partial charge in [0.05, 0.1) is 5.69 Å². The van der Waals surface area contributed by atoms with Crippen LogP contribution in [0.3, 0.4) is 0 Å². The quantitative estimate of drug-likeness (QED) is 0.472. The molecule has 1 aliphatic heterocycles. The molecule has 172 valence electrons. The van der Waals surface area contributed by atoms with Gasteiger partial charge >= 0.3 is 0 Å². The first kappa shape index (κ1) is 23.3. The summed E-state index contributed by atoms with van der Waals surface area (Å²) in [6.07, 6.45) is 0. The summed E-state index contributed by atoms with van der Waals surface area (Å²) in [6.45, 7) is 7.72. The van der Waals surface area contributed by atoms with E-state index >= 15 is 0 Å². The molecule has 0 bridgehead atoms. The first-order valence-corrected chi connectivity index (χ1v) is 11.1. The minimum absolute atomic E-state index is 0.0000881. The second-order valence-corrected chi connectivity index (χ2v) is 8.76. The van der Waals surface area contributed by atoms with Crippen LogP contribution in [0.5, 0.6) is 0 Å². The van der Waals surface area contributed by atoms with Crippen molar-refractivity contribution in [3.8, 4) is 0 Å². The number of imide groups is 1. The number of anilines is 3. The van der Waals surface area contributed by atoms with Crippen molar-refractivity contribution in [1.82, 2.24) is 0 Å². The van der Waals surface area contributed by atoms with Crippen molar-refractivity contribution in [2.75, 3.05) is 15.5 Å². The minimum atomic E-state index is -0.577. The van der Waals surface area contributed by atoms with E-state index in [1.807, 2.05) is 58.0 Å².